The summed E-state index contributed by atoms with van der Waals surface area (Å²) in [5, 5.41) is 22.3. The maximum atomic E-state index is 13.8. The molecule has 2 aromatic rings. The number of carbonyl (C=O) groups is 3. The summed E-state index contributed by atoms with van der Waals surface area (Å²) in [6.07, 6.45) is -8.43. The van der Waals surface area contributed by atoms with E-state index in [0.29, 0.717) is 28.2 Å². The zero-order valence-corrected chi connectivity index (χ0v) is 33.1. The highest BCUT2D eigenvalue weighted by Crippen LogP contribution is 2.57. The van der Waals surface area contributed by atoms with E-state index in [-0.39, 0.29) is 50.3 Å². The number of hydrogen-bond acceptors (Lipinski definition) is 16. The maximum Gasteiger partial charge on any atom is 0.415 e. The van der Waals surface area contributed by atoms with E-state index in [1.807, 2.05) is 0 Å². The molecule has 2 N–H and O–H groups in total. The maximum absolute atomic E-state index is 13.8. The molecule has 18 heteroatoms. The molecule has 18 nitrogen and oxygen atoms in total. The van der Waals surface area contributed by atoms with Crippen LogP contribution in [0.15, 0.2) is 24.3 Å². The third-order valence-electron chi connectivity index (χ3n) is 10.7. The van der Waals surface area contributed by atoms with E-state index in [4.69, 9.17) is 52.1 Å². The van der Waals surface area contributed by atoms with Crippen LogP contribution in [0, 0.1) is 11.8 Å². The van der Waals surface area contributed by atoms with E-state index >= 15 is 0 Å². The van der Waals surface area contributed by atoms with Crippen LogP contribution in [0.1, 0.15) is 56.4 Å². The van der Waals surface area contributed by atoms with Gasteiger partial charge in [-0.2, -0.15) is 0 Å². The lowest BCUT2D eigenvalue weighted by molar-refractivity contribution is -0.364. The first kappa shape index (κ1) is 40.6. The number of esters is 1. The molecule has 1 aliphatic carbocycles. The van der Waals surface area contributed by atoms with Gasteiger partial charge in [-0.25, -0.2) is 9.59 Å². The minimum absolute atomic E-state index is 0.0000582. The lowest BCUT2D eigenvalue weighted by atomic mass is 9.66. The van der Waals surface area contributed by atoms with Crippen molar-refractivity contribution in [2.24, 2.45) is 11.8 Å². The molecule has 2 amide bonds. The highest BCUT2D eigenvalue weighted by Gasteiger charge is 2.56. The average Bonchev–Trinajstić information content (AvgIpc) is 3.80. The van der Waals surface area contributed by atoms with Crippen molar-refractivity contribution in [1.29, 1.82) is 0 Å². The van der Waals surface area contributed by atoms with Crippen LogP contribution < -0.4 is 23.7 Å². The molecule has 57 heavy (non-hydrogen) atoms. The van der Waals surface area contributed by atoms with E-state index in [1.165, 1.54) is 31.1 Å². The van der Waals surface area contributed by atoms with Gasteiger partial charge in [-0.15, -0.1) is 0 Å². The second-order valence-electron chi connectivity index (χ2n) is 15.7. The van der Waals surface area contributed by atoms with Gasteiger partial charge in [0.1, 0.15) is 30.0 Å². The first-order valence-electron chi connectivity index (χ1n) is 18.8. The Morgan fingerprint density at radius 3 is 2.12 bits per heavy atom. The fourth-order valence-electron chi connectivity index (χ4n) is 7.81. The molecule has 4 aliphatic heterocycles. The molecular weight excluding hydrogens is 752 g/mol. The smallest absolute Gasteiger partial charge is 0.415 e. The highest BCUT2D eigenvalue weighted by atomic mass is 16.8. The third-order valence-corrected chi connectivity index (χ3v) is 10.7. The predicted octanol–water partition coefficient (Wildman–Crippen LogP) is 2.93. The SMILES string of the molecule is COc1cc([C@@H]2c3cc4c(cc3[C@@H](O[C@@H]3O[C@@H]5CO[C@@H](C)O[C@H]5[C@H](O)[C@H]3O)[C@H]3COC(=O)[C@H]23)OCO4)cc(OC)c1OC(=O)N(C)CCN(C)C(=O)OC(C)(C)C. The van der Waals surface area contributed by atoms with Crippen molar-refractivity contribution in [2.45, 2.75) is 82.3 Å². The molecule has 0 saturated carbocycles. The Balaban J connectivity index is 1.19. The minimum atomic E-state index is -1.49. The number of amides is 2. The molecule has 0 aromatic heterocycles. The quantitative estimate of drug-likeness (QED) is 0.351. The number of hydrogen-bond donors (Lipinski definition) is 2. The molecule has 312 valence electrons. The van der Waals surface area contributed by atoms with E-state index in [2.05, 4.69) is 0 Å². The van der Waals surface area contributed by atoms with E-state index in [1.54, 1.807) is 59.0 Å². The summed E-state index contributed by atoms with van der Waals surface area (Å²) in [5.74, 6) is -1.38. The molecule has 7 rings (SSSR count). The lowest BCUT2D eigenvalue weighted by Crippen LogP contribution is -2.63. The van der Waals surface area contributed by atoms with Gasteiger partial charge >= 0.3 is 18.2 Å². The second kappa shape index (κ2) is 16.0. The van der Waals surface area contributed by atoms with Gasteiger partial charge in [-0.3, -0.25) is 4.79 Å². The zero-order chi connectivity index (χ0) is 40.9. The molecule has 0 unspecified atom stereocenters. The van der Waals surface area contributed by atoms with Gasteiger partial charge in [0, 0.05) is 39.0 Å². The molecule has 3 fully saturated rings. The average molecular weight is 803 g/mol. The number of aliphatic hydroxyl groups excluding tert-OH is 2. The standard InChI is InChI=1S/C39H50N2O16/c1-18-49-16-27-34(53-18)30(42)31(43)36(54-27)55-32-21-14-24-23(51-17-52-24)13-20(21)28(29-22(32)15-50-35(29)44)19-11-25(47-7)33(26(12-19)48-8)56-37(45)40(5)9-10-41(6)38(46)57-39(2,3)4/h11-14,18,22,27-32,34,36,42-43H,9-10,15-17H2,1-8H3/t18-,22+,27-,28-,29+,30-,31-,32-,34-,36+/m1/s1. The van der Waals surface area contributed by atoms with Crippen molar-refractivity contribution in [3.8, 4) is 28.7 Å². The number of carbonyl (C=O) groups excluding carboxylic acids is 3. The van der Waals surface area contributed by atoms with E-state index in [9.17, 15) is 24.6 Å². The van der Waals surface area contributed by atoms with Gasteiger partial charge in [0.2, 0.25) is 12.5 Å². The van der Waals surface area contributed by atoms with Gasteiger partial charge in [0.15, 0.2) is 35.6 Å². The number of rotatable bonds is 9. The monoisotopic (exact) mass is 802 g/mol. The Morgan fingerprint density at radius 2 is 1.49 bits per heavy atom. The van der Waals surface area contributed by atoms with Gasteiger partial charge in [-0.05, 0) is 68.7 Å². The van der Waals surface area contributed by atoms with Crippen LogP contribution in [-0.4, -0.2) is 142 Å². The second-order valence-corrected chi connectivity index (χ2v) is 15.7. The first-order valence-corrected chi connectivity index (χ1v) is 18.8. The minimum Gasteiger partial charge on any atom is -0.493 e. The van der Waals surface area contributed by atoms with Gasteiger partial charge in [0.25, 0.3) is 0 Å². The van der Waals surface area contributed by atoms with Crippen molar-refractivity contribution in [1.82, 2.24) is 9.80 Å². The molecule has 0 radical (unpaired) electrons. The highest BCUT2D eigenvalue weighted by molar-refractivity contribution is 5.79. The lowest BCUT2D eigenvalue weighted by Gasteiger charge is -2.47. The Bertz CT molecular complexity index is 1820. The number of cyclic esters (lactones) is 1. The summed E-state index contributed by atoms with van der Waals surface area (Å²) in [4.78, 5) is 42.2. The number of nitrogens with zero attached hydrogens (tertiary/aromatic N) is 2. The van der Waals surface area contributed by atoms with Crippen LogP contribution in [0.25, 0.3) is 0 Å². The number of aliphatic hydroxyl groups is 2. The molecule has 10 atom stereocenters. The summed E-state index contributed by atoms with van der Waals surface area (Å²) in [7, 11) is 5.92. The largest absolute Gasteiger partial charge is 0.493 e. The number of ether oxygens (including phenoxy) is 11. The molecule has 5 aliphatic rings. The van der Waals surface area contributed by atoms with Crippen LogP contribution in [0.3, 0.4) is 0 Å². The van der Waals surface area contributed by atoms with Crippen LogP contribution >= 0.6 is 0 Å². The van der Waals surface area contributed by atoms with Crippen molar-refractivity contribution >= 4 is 18.2 Å². The summed E-state index contributed by atoms with van der Waals surface area (Å²) in [6, 6.07) is 6.89. The fourth-order valence-corrected chi connectivity index (χ4v) is 7.81. The zero-order valence-electron chi connectivity index (χ0n) is 33.1. The molecular formula is C39H50N2O16. The van der Waals surface area contributed by atoms with Crippen LogP contribution in [-0.2, 0) is 33.2 Å². The van der Waals surface area contributed by atoms with Crippen molar-refractivity contribution in [3.05, 3.63) is 41.0 Å². The first-order chi connectivity index (χ1) is 27.1. The third kappa shape index (κ3) is 7.98. The number of benzene rings is 2. The van der Waals surface area contributed by atoms with Crippen molar-refractivity contribution < 1.29 is 76.7 Å². The number of methoxy groups -OCH3 is 2. The molecule has 0 bridgehead atoms. The number of likely N-dealkylation sites (N-methyl/N-ethyl adjacent to an activating group) is 2. The van der Waals surface area contributed by atoms with Gasteiger partial charge in [-0.1, -0.05) is 0 Å². The summed E-state index contributed by atoms with van der Waals surface area (Å²) < 4.78 is 63.9. The van der Waals surface area contributed by atoms with Gasteiger partial charge < -0.3 is 72.1 Å². The fraction of sp³-hybridized carbons (Fsp3) is 0.615. The van der Waals surface area contributed by atoms with E-state index in [0.717, 1.165) is 0 Å². The normalized spacial score (nSPS) is 30.0. The topological polar surface area (TPSA) is 200 Å². The van der Waals surface area contributed by atoms with Gasteiger partial charge in [0.05, 0.1) is 39.5 Å². The van der Waals surface area contributed by atoms with E-state index < -0.39 is 84.6 Å². The van der Waals surface area contributed by atoms with Crippen LogP contribution in [0.5, 0.6) is 28.7 Å². The summed E-state index contributed by atoms with van der Waals surface area (Å²) in [6.45, 7) is 7.37. The van der Waals surface area contributed by atoms with Crippen molar-refractivity contribution in [3.63, 3.8) is 0 Å². The molecule has 4 heterocycles. The van der Waals surface area contributed by atoms with Crippen LogP contribution in [0.4, 0.5) is 9.59 Å². The Hall–Kier alpha value is -4.59. The predicted molar refractivity (Wildman–Crippen MR) is 194 cm³/mol. The Labute approximate surface area is 329 Å². The molecule has 2 aromatic carbocycles. The van der Waals surface area contributed by atoms with Crippen LogP contribution in [0.2, 0.25) is 0 Å². The summed E-state index contributed by atoms with van der Waals surface area (Å²) in [5.41, 5.74) is 1.15. The number of fused-ring (bicyclic) bond motifs is 4. The Morgan fingerprint density at radius 1 is 0.860 bits per heavy atom. The molecule has 3 saturated heterocycles. The summed E-state index contributed by atoms with van der Waals surface area (Å²) >= 11 is 0. The Kier molecular flexibility index (Phi) is 11.4. The molecule has 0 spiro atoms. The van der Waals surface area contributed by atoms with Crippen molar-refractivity contribution in [2.75, 3.05) is 61.4 Å².